The van der Waals surface area contributed by atoms with Crippen molar-refractivity contribution in [2.45, 2.75) is 18.7 Å². The molecular formula is C21H21NO3S2. The van der Waals surface area contributed by atoms with Crippen LogP contribution in [0.5, 0.6) is 5.75 Å². The molecule has 0 radical (unpaired) electrons. The van der Waals surface area contributed by atoms with Crippen LogP contribution in [0.25, 0.3) is 6.08 Å². The first-order valence-corrected chi connectivity index (χ1v) is 10.6. The Kier molecular flexibility index (Phi) is 6.29. The van der Waals surface area contributed by atoms with E-state index in [1.807, 2.05) is 62.6 Å². The van der Waals surface area contributed by atoms with Crippen molar-refractivity contribution in [1.82, 2.24) is 4.90 Å². The molecule has 1 saturated heterocycles. The van der Waals surface area contributed by atoms with Gasteiger partial charge in [0, 0.05) is 4.90 Å². The summed E-state index contributed by atoms with van der Waals surface area (Å²) >= 11 is 2.64. The number of hydrogen-bond donors (Lipinski definition) is 0. The highest BCUT2D eigenvalue weighted by Gasteiger charge is 2.34. The Labute approximate surface area is 168 Å². The van der Waals surface area contributed by atoms with Gasteiger partial charge in [0.1, 0.15) is 12.4 Å². The first kappa shape index (κ1) is 19.6. The molecule has 0 unspecified atom stereocenters. The van der Waals surface area contributed by atoms with E-state index in [1.54, 1.807) is 17.8 Å². The van der Waals surface area contributed by atoms with E-state index < -0.39 is 0 Å². The van der Waals surface area contributed by atoms with Gasteiger partial charge in [0.15, 0.2) is 0 Å². The monoisotopic (exact) mass is 399 g/mol. The second-order valence-electron chi connectivity index (χ2n) is 6.22. The molecule has 3 rings (SSSR count). The predicted molar refractivity (Wildman–Crippen MR) is 112 cm³/mol. The average Bonchev–Trinajstić information content (AvgIpc) is 2.92. The minimum Gasteiger partial charge on any atom is -0.491 e. The van der Waals surface area contributed by atoms with E-state index in [-0.39, 0.29) is 24.3 Å². The Morgan fingerprint density at radius 2 is 1.85 bits per heavy atom. The Morgan fingerprint density at radius 1 is 1.11 bits per heavy atom. The van der Waals surface area contributed by atoms with E-state index in [2.05, 4.69) is 0 Å². The number of nitrogens with zero attached hydrogens (tertiary/aromatic N) is 1. The Morgan fingerprint density at radius 3 is 2.56 bits per heavy atom. The van der Waals surface area contributed by atoms with Gasteiger partial charge in [0.2, 0.25) is 0 Å². The largest absolute Gasteiger partial charge is 0.491 e. The first-order chi connectivity index (χ1) is 13.0. The summed E-state index contributed by atoms with van der Waals surface area (Å²) in [4.78, 5) is 27.6. The fourth-order valence-electron chi connectivity index (χ4n) is 2.65. The van der Waals surface area contributed by atoms with Crippen molar-refractivity contribution in [3.63, 3.8) is 0 Å². The number of imide groups is 1. The summed E-state index contributed by atoms with van der Waals surface area (Å²) in [5.74, 6) is 0.523. The van der Waals surface area contributed by atoms with E-state index in [1.165, 1.54) is 4.90 Å². The summed E-state index contributed by atoms with van der Waals surface area (Å²) in [5, 5.41) is -0.253. The zero-order valence-electron chi connectivity index (χ0n) is 15.5. The van der Waals surface area contributed by atoms with E-state index >= 15 is 0 Å². The lowest BCUT2D eigenvalue weighted by Gasteiger charge is -2.14. The average molecular weight is 400 g/mol. The van der Waals surface area contributed by atoms with Gasteiger partial charge in [-0.2, -0.15) is 0 Å². The quantitative estimate of drug-likeness (QED) is 0.497. The van der Waals surface area contributed by atoms with Gasteiger partial charge >= 0.3 is 0 Å². The summed E-state index contributed by atoms with van der Waals surface area (Å²) in [6.07, 6.45) is 3.78. The Balaban J connectivity index is 1.63. The molecule has 0 aliphatic carbocycles. The molecule has 140 valence electrons. The first-order valence-electron chi connectivity index (χ1n) is 8.57. The molecule has 27 heavy (non-hydrogen) atoms. The highest BCUT2D eigenvalue weighted by atomic mass is 32.2. The Bertz CT molecular complexity index is 891. The number of benzene rings is 2. The minimum atomic E-state index is -0.261. The molecule has 0 bridgehead atoms. The van der Waals surface area contributed by atoms with Crippen molar-refractivity contribution in [3.05, 3.63) is 64.1 Å². The van der Waals surface area contributed by atoms with Gasteiger partial charge < -0.3 is 4.74 Å². The summed E-state index contributed by atoms with van der Waals surface area (Å²) < 4.78 is 5.78. The molecule has 6 heteroatoms. The van der Waals surface area contributed by atoms with Crippen LogP contribution in [0.4, 0.5) is 4.79 Å². The Hall–Kier alpha value is -2.18. The molecule has 2 aromatic rings. The topological polar surface area (TPSA) is 46.6 Å². The van der Waals surface area contributed by atoms with Crippen LogP contribution in [0.1, 0.15) is 16.7 Å². The molecule has 0 spiro atoms. The fraction of sp³-hybridized carbons (Fsp3) is 0.238. The van der Waals surface area contributed by atoms with Crippen molar-refractivity contribution in [2.24, 2.45) is 0 Å². The van der Waals surface area contributed by atoms with E-state index in [0.717, 1.165) is 39.1 Å². The van der Waals surface area contributed by atoms with E-state index in [9.17, 15) is 9.59 Å². The highest BCUT2D eigenvalue weighted by molar-refractivity contribution is 8.18. The predicted octanol–water partition coefficient (Wildman–Crippen LogP) is 5.14. The summed E-state index contributed by atoms with van der Waals surface area (Å²) in [5.41, 5.74) is 3.05. The smallest absolute Gasteiger partial charge is 0.293 e. The lowest BCUT2D eigenvalue weighted by molar-refractivity contribution is -0.123. The van der Waals surface area contributed by atoms with Crippen molar-refractivity contribution in [2.75, 3.05) is 19.4 Å². The van der Waals surface area contributed by atoms with Gasteiger partial charge in [-0.15, -0.1) is 11.8 Å². The molecule has 1 aliphatic heterocycles. The number of carbonyl (C=O) groups is 2. The maximum Gasteiger partial charge on any atom is 0.293 e. The SMILES string of the molecule is CSc1ccc(/C=C2\SC(=O)N(CCOc3cc(C)ccc3C)C2=O)cc1. The number of rotatable bonds is 6. The third-order valence-corrected chi connectivity index (χ3v) is 5.85. The standard InChI is InChI=1S/C21H21NO3S2/c1-14-4-5-15(2)18(12-14)25-11-10-22-20(23)19(27-21(22)24)13-16-6-8-17(26-3)9-7-16/h4-9,12-13H,10-11H2,1-3H3/b19-13-. The highest BCUT2D eigenvalue weighted by Crippen LogP contribution is 2.32. The second kappa shape index (κ2) is 8.67. The molecule has 1 aliphatic rings. The molecule has 4 nitrogen and oxygen atoms in total. The molecule has 2 aromatic carbocycles. The van der Waals surface area contributed by atoms with E-state index in [4.69, 9.17) is 4.74 Å². The minimum absolute atomic E-state index is 0.237. The van der Waals surface area contributed by atoms with Crippen molar-refractivity contribution in [3.8, 4) is 5.75 Å². The van der Waals surface area contributed by atoms with Crippen LogP contribution in [0.3, 0.4) is 0 Å². The number of thioether (sulfide) groups is 2. The summed E-state index contributed by atoms with van der Waals surface area (Å²) in [7, 11) is 0. The van der Waals surface area contributed by atoms with Gasteiger partial charge in [-0.25, -0.2) is 0 Å². The number of amides is 2. The molecular weight excluding hydrogens is 378 g/mol. The molecule has 1 heterocycles. The number of hydrogen-bond acceptors (Lipinski definition) is 5. The van der Waals surface area contributed by atoms with Gasteiger partial charge in [0.05, 0.1) is 11.4 Å². The van der Waals surface area contributed by atoms with Gasteiger partial charge in [-0.1, -0.05) is 24.3 Å². The number of aryl methyl sites for hydroxylation is 2. The molecule has 1 fully saturated rings. The van der Waals surface area contributed by atoms with Crippen LogP contribution in [0.15, 0.2) is 52.3 Å². The van der Waals surface area contributed by atoms with E-state index in [0.29, 0.717) is 4.91 Å². The lowest BCUT2D eigenvalue weighted by Crippen LogP contribution is -2.32. The van der Waals surface area contributed by atoms with Crippen LogP contribution in [0.2, 0.25) is 0 Å². The summed E-state index contributed by atoms with van der Waals surface area (Å²) in [6.45, 7) is 4.48. The summed E-state index contributed by atoms with van der Waals surface area (Å²) in [6, 6.07) is 13.9. The van der Waals surface area contributed by atoms with Crippen molar-refractivity contribution in [1.29, 1.82) is 0 Å². The number of carbonyl (C=O) groups excluding carboxylic acids is 2. The second-order valence-corrected chi connectivity index (χ2v) is 8.10. The molecule has 0 atom stereocenters. The molecule has 0 aromatic heterocycles. The van der Waals surface area contributed by atoms with Gasteiger partial charge in [-0.3, -0.25) is 14.5 Å². The van der Waals surface area contributed by atoms with Gasteiger partial charge in [-0.05, 0) is 72.8 Å². The van der Waals surface area contributed by atoms with Crippen LogP contribution in [-0.4, -0.2) is 35.5 Å². The normalized spacial score (nSPS) is 15.7. The lowest BCUT2D eigenvalue weighted by atomic mass is 10.1. The number of ether oxygens (including phenoxy) is 1. The van der Waals surface area contributed by atoms with Crippen LogP contribution in [-0.2, 0) is 4.79 Å². The fourth-order valence-corrected chi connectivity index (χ4v) is 3.93. The maximum atomic E-state index is 12.6. The zero-order chi connectivity index (χ0) is 19.4. The van der Waals surface area contributed by atoms with Gasteiger partial charge in [0.25, 0.3) is 11.1 Å². The zero-order valence-corrected chi connectivity index (χ0v) is 17.2. The van der Waals surface area contributed by atoms with Crippen LogP contribution >= 0.6 is 23.5 Å². The molecule has 0 saturated carbocycles. The molecule has 2 amide bonds. The molecule has 0 N–H and O–H groups in total. The van der Waals surface area contributed by atoms with Crippen LogP contribution in [0, 0.1) is 13.8 Å². The van der Waals surface area contributed by atoms with Crippen molar-refractivity contribution < 1.29 is 14.3 Å². The maximum absolute atomic E-state index is 12.6. The van der Waals surface area contributed by atoms with Crippen molar-refractivity contribution >= 4 is 40.7 Å². The third kappa shape index (κ3) is 4.76. The van der Waals surface area contributed by atoms with Crippen LogP contribution < -0.4 is 4.74 Å². The third-order valence-electron chi connectivity index (χ3n) is 4.20.